The highest BCUT2D eigenvalue weighted by molar-refractivity contribution is 5.96. The standard InChI is InChI=1S/C26H29N5O9/c1-18-15-28(26(34)39-16-19-4-7-21(8-5-19)30(35)36)12-13-29(18)24(32)23-14-22(31(37)38)9-6-20(23)17-40-25(33)27-10-2-3-11-27/h4-9,14,18H,2-3,10-13,15-17H2,1H3/t18-/m1/s1. The topological polar surface area (TPSA) is 166 Å². The molecule has 212 valence electrons. The van der Waals surface area contributed by atoms with Crippen molar-refractivity contribution in [1.82, 2.24) is 14.7 Å². The second-order valence-electron chi connectivity index (χ2n) is 9.62. The van der Waals surface area contributed by atoms with Gasteiger partial charge in [-0.15, -0.1) is 0 Å². The molecule has 0 spiro atoms. The van der Waals surface area contributed by atoms with Crippen LogP contribution in [-0.4, -0.2) is 81.4 Å². The van der Waals surface area contributed by atoms with E-state index in [4.69, 9.17) is 9.47 Å². The molecule has 3 amide bonds. The average molecular weight is 556 g/mol. The summed E-state index contributed by atoms with van der Waals surface area (Å²) in [6.07, 6.45) is 0.695. The molecule has 2 aliphatic heterocycles. The highest BCUT2D eigenvalue weighted by atomic mass is 16.6. The van der Waals surface area contributed by atoms with Crippen molar-refractivity contribution in [2.24, 2.45) is 0 Å². The van der Waals surface area contributed by atoms with Crippen LogP contribution in [0.4, 0.5) is 21.0 Å². The van der Waals surface area contributed by atoms with Crippen LogP contribution in [0.3, 0.4) is 0 Å². The average Bonchev–Trinajstić information content (AvgIpc) is 3.49. The molecule has 2 aromatic rings. The zero-order valence-electron chi connectivity index (χ0n) is 21.9. The van der Waals surface area contributed by atoms with Gasteiger partial charge in [-0.3, -0.25) is 25.0 Å². The van der Waals surface area contributed by atoms with Crippen LogP contribution < -0.4 is 0 Å². The van der Waals surface area contributed by atoms with Crippen LogP contribution in [-0.2, 0) is 22.7 Å². The first-order chi connectivity index (χ1) is 19.1. The maximum atomic E-state index is 13.5. The summed E-state index contributed by atoms with van der Waals surface area (Å²) in [4.78, 5) is 64.1. The third-order valence-electron chi connectivity index (χ3n) is 6.91. The van der Waals surface area contributed by atoms with Gasteiger partial charge in [0.25, 0.3) is 17.3 Å². The summed E-state index contributed by atoms with van der Waals surface area (Å²) in [6.45, 7) is 3.16. The largest absolute Gasteiger partial charge is 0.445 e. The predicted molar refractivity (Wildman–Crippen MR) is 139 cm³/mol. The Morgan fingerprint density at radius 3 is 2.05 bits per heavy atom. The Morgan fingerprint density at radius 1 is 0.825 bits per heavy atom. The molecule has 0 N–H and O–H groups in total. The van der Waals surface area contributed by atoms with Crippen molar-refractivity contribution in [3.05, 3.63) is 79.4 Å². The molecule has 2 saturated heterocycles. The van der Waals surface area contributed by atoms with Crippen LogP contribution >= 0.6 is 0 Å². The van der Waals surface area contributed by atoms with Gasteiger partial charge in [0.1, 0.15) is 13.2 Å². The van der Waals surface area contributed by atoms with Crippen molar-refractivity contribution in [3.63, 3.8) is 0 Å². The number of hydrogen-bond acceptors (Lipinski definition) is 9. The van der Waals surface area contributed by atoms with Crippen molar-refractivity contribution in [2.75, 3.05) is 32.7 Å². The molecule has 2 aromatic carbocycles. The second kappa shape index (κ2) is 12.4. The van der Waals surface area contributed by atoms with Gasteiger partial charge in [-0.25, -0.2) is 9.59 Å². The van der Waals surface area contributed by atoms with Gasteiger partial charge in [0, 0.05) is 68.6 Å². The third kappa shape index (κ3) is 6.62. The number of nitrogens with zero attached hydrogens (tertiary/aromatic N) is 5. The van der Waals surface area contributed by atoms with Gasteiger partial charge in [-0.1, -0.05) is 0 Å². The summed E-state index contributed by atoms with van der Waals surface area (Å²) in [7, 11) is 0. The van der Waals surface area contributed by atoms with E-state index in [1.807, 2.05) is 0 Å². The molecule has 14 heteroatoms. The maximum absolute atomic E-state index is 13.5. The van der Waals surface area contributed by atoms with Crippen LogP contribution in [0.2, 0.25) is 0 Å². The van der Waals surface area contributed by atoms with Gasteiger partial charge in [-0.2, -0.15) is 0 Å². The van der Waals surface area contributed by atoms with Crippen LogP contribution in [0.5, 0.6) is 0 Å². The minimum absolute atomic E-state index is 0.0597. The van der Waals surface area contributed by atoms with Gasteiger partial charge in [0.05, 0.1) is 15.4 Å². The number of amides is 3. The first-order valence-corrected chi connectivity index (χ1v) is 12.8. The smallest absolute Gasteiger partial charge is 0.410 e. The minimum Gasteiger partial charge on any atom is -0.445 e. The number of non-ortho nitro benzene ring substituents is 2. The quantitative estimate of drug-likeness (QED) is 0.365. The highest BCUT2D eigenvalue weighted by Crippen LogP contribution is 2.24. The van der Waals surface area contributed by atoms with E-state index in [0.29, 0.717) is 24.2 Å². The number of ether oxygens (including phenoxy) is 2. The summed E-state index contributed by atoms with van der Waals surface area (Å²) in [5, 5.41) is 22.2. The maximum Gasteiger partial charge on any atom is 0.410 e. The number of carbonyl (C=O) groups is 3. The zero-order chi connectivity index (χ0) is 28.8. The molecule has 0 aliphatic carbocycles. The summed E-state index contributed by atoms with van der Waals surface area (Å²) in [5.41, 5.74) is 0.662. The summed E-state index contributed by atoms with van der Waals surface area (Å²) < 4.78 is 10.7. The van der Waals surface area contributed by atoms with Crippen molar-refractivity contribution in [2.45, 2.75) is 39.0 Å². The van der Waals surface area contributed by atoms with E-state index >= 15 is 0 Å². The predicted octanol–water partition coefficient (Wildman–Crippen LogP) is 3.72. The molecule has 1 atom stereocenters. The molecule has 0 unspecified atom stereocenters. The number of carbonyl (C=O) groups excluding carboxylic acids is 3. The van der Waals surface area contributed by atoms with Crippen LogP contribution in [0.15, 0.2) is 42.5 Å². The fraction of sp³-hybridized carbons (Fsp3) is 0.423. The van der Waals surface area contributed by atoms with Crippen LogP contribution in [0, 0.1) is 20.2 Å². The van der Waals surface area contributed by atoms with E-state index < -0.39 is 34.0 Å². The summed E-state index contributed by atoms with van der Waals surface area (Å²) >= 11 is 0. The third-order valence-corrected chi connectivity index (χ3v) is 6.91. The van der Waals surface area contributed by atoms with E-state index in [9.17, 15) is 34.6 Å². The van der Waals surface area contributed by atoms with Crippen molar-refractivity contribution in [1.29, 1.82) is 0 Å². The van der Waals surface area contributed by atoms with E-state index in [1.54, 1.807) is 11.8 Å². The lowest BCUT2D eigenvalue weighted by molar-refractivity contribution is -0.385. The molecule has 4 rings (SSSR count). The van der Waals surface area contributed by atoms with Crippen LogP contribution in [0.25, 0.3) is 0 Å². The zero-order valence-corrected chi connectivity index (χ0v) is 21.9. The Balaban J connectivity index is 1.38. The minimum atomic E-state index is -0.598. The Labute approximate surface area is 229 Å². The fourth-order valence-electron chi connectivity index (χ4n) is 4.66. The van der Waals surface area contributed by atoms with Gasteiger partial charge < -0.3 is 24.2 Å². The van der Waals surface area contributed by atoms with Crippen molar-refractivity contribution >= 4 is 29.5 Å². The van der Waals surface area contributed by atoms with E-state index in [2.05, 4.69) is 0 Å². The Kier molecular flexibility index (Phi) is 8.76. The Bertz CT molecular complexity index is 1290. The molecule has 14 nitrogen and oxygen atoms in total. The lowest BCUT2D eigenvalue weighted by Crippen LogP contribution is -2.55. The molecule has 0 saturated carbocycles. The number of nitro groups is 2. The fourth-order valence-corrected chi connectivity index (χ4v) is 4.66. The molecule has 0 radical (unpaired) electrons. The van der Waals surface area contributed by atoms with Gasteiger partial charge in [0.2, 0.25) is 0 Å². The first kappa shape index (κ1) is 28.3. The molecule has 40 heavy (non-hydrogen) atoms. The molecule has 2 heterocycles. The number of piperazine rings is 1. The molecular weight excluding hydrogens is 526 g/mol. The summed E-state index contributed by atoms with van der Waals surface area (Å²) in [5.74, 6) is -0.470. The Morgan fingerprint density at radius 2 is 1.43 bits per heavy atom. The summed E-state index contributed by atoms with van der Waals surface area (Å²) in [6, 6.07) is 9.08. The van der Waals surface area contributed by atoms with Gasteiger partial charge in [-0.05, 0) is 43.5 Å². The number of rotatable bonds is 7. The van der Waals surface area contributed by atoms with E-state index in [-0.39, 0.29) is 49.8 Å². The molecule has 2 fully saturated rings. The van der Waals surface area contributed by atoms with Crippen molar-refractivity contribution < 1.29 is 33.7 Å². The normalized spacial score (nSPS) is 16.9. The number of likely N-dealkylation sites (tertiary alicyclic amines) is 1. The Hall–Kier alpha value is -4.75. The molecular formula is C26H29N5O9. The number of benzene rings is 2. The van der Waals surface area contributed by atoms with Gasteiger partial charge in [0.15, 0.2) is 0 Å². The monoisotopic (exact) mass is 555 g/mol. The lowest BCUT2D eigenvalue weighted by Gasteiger charge is -2.39. The second-order valence-corrected chi connectivity index (χ2v) is 9.62. The molecule has 0 aromatic heterocycles. The van der Waals surface area contributed by atoms with Crippen molar-refractivity contribution in [3.8, 4) is 0 Å². The van der Waals surface area contributed by atoms with Crippen LogP contribution in [0.1, 0.15) is 41.3 Å². The molecule has 0 bridgehead atoms. The van der Waals surface area contributed by atoms with Gasteiger partial charge >= 0.3 is 12.2 Å². The van der Waals surface area contributed by atoms with E-state index in [1.165, 1.54) is 52.3 Å². The van der Waals surface area contributed by atoms with E-state index in [0.717, 1.165) is 12.8 Å². The lowest BCUT2D eigenvalue weighted by atomic mass is 10.0. The molecule has 2 aliphatic rings. The highest BCUT2D eigenvalue weighted by Gasteiger charge is 2.33. The number of nitro benzene ring substituents is 2. The first-order valence-electron chi connectivity index (χ1n) is 12.8. The SMILES string of the molecule is C[C@@H]1CN(C(=O)OCc2ccc([N+](=O)[O-])cc2)CCN1C(=O)c1cc([N+](=O)[O-])ccc1COC(=O)N1CCCC1. The number of hydrogen-bond donors (Lipinski definition) is 0.